The van der Waals surface area contributed by atoms with Gasteiger partial charge in [-0.1, -0.05) is 23.2 Å². The topological polar surface area (TPSA) is 29.5 Å². The van der Waals surface area contributed by atoms with E-state index in [0.29, 0.717) is 20.1 Å². The molecule has 0 aromatic heterocycles. The molecule has 5 heteroatoms. The molecule has 76 valence electrons. The molecule has 1 heterocycles. The molecule has 0 bridgehead atoms. The highest BCUT2D eigenvalue weighted by Gasteiger charge is 2.40. The quantitative estimate of drug-likeness (QED) is 0.808. The van der Waals surface area contributed by atoms with Crippen LogP contribution in [0.15, 0.2) is 16.6 Å². The van der Waals surface area contributed by atoms with Crippen molar-refractivity contribution in [2.45, 2.75) is 5.60 Å². The Labute approximate surface area is 99.9 Å². The molecule has 0 saturated carbocycles. The van der Waals surface area contributed by atoms with Crippen molar-refractivity contribution >= 4 is 39.1 Å². The van der Waals surface area contributed by atoms with Gasteiger partial charge in [-0.25, -0.2) is 0 Å². The number of hydrogen-bond donors (Lipinski definition) is 1. The molecular formula is C9H7BrCl2O2. The Kier molecular flexibility index (Phi) is 2.79. The molecule has 1 aromatic carbocycles. The smallest absolute Gasteiger partial charge is 0.138 e. The van der Waals surface area contributed by atoms with Crippen LogP contribution in [0, 0.1) is 0 Å². The molecule has 0 unspecified atom stereocenters. The Morgan fingerprint density at radius 1 is 1.36 bits per heavy atom. The molecule has 2 nitrogen and oxygen atoms in total. The van der Waals surface area contributed by atoms with Crippen molar-refractivity contribution in [1.29, 1.82) is 0 Å². The first-order valence-electron chi connectivity index (χ1n) is 3.98. The van der Waals surface area contributed by atoms with E-state index in [1.54, 1.807) is 12.1 Å². The third-order valence-corrected chi connectivity index (χ3v) is 3.66. The fourth-order valence-corrected chi connectivity index (χ4v) is 2.44. The lowest BCUT2D eigenvalue weighted by Crippen LogP contribution is -2.46. The minimum absolute atomic E-state index is 0.263. The summed E-state index contributed by atoms with van der Waals surface area (Å²) in [5.41, 5.74) is -0.366. The Balaban J connectivity index is 2.51. The largest absolute Gasteiger partial charge is 0.380 e. The van der Waals surface area contributed by atoms with Crippen LogP contribution in [0.2, 0.25) is 10.0 Å². The van der Waals surface area contributed by atoms with E-state index >= 15 is 0 Å². The minimum Gasteiger partial charge on any atom is -0.380 e. The SMILES string of the molecule is OC1(c2cc(Cl)cc(Br)c2Cl)COC1. The molecule has 0 aliphatic carbocycles. The summed E-state index contributed by atoms with van der Waals surface area (Å²) in [5.74, 6) is 0. The standard InChI is InChI=1S/C9H7BrCl2O2/c10-7-2-5(11)1-6(8(7)12)9(13)3-14-4-9/h1-2,13H,3-4H2. The van der Waals surface area contributed by atoms with E-state index in [9.17, 15) is 5.11 Å². The number of hydrogen-bond acceptors (Lipinski definition) is 2. The first-order valence-corrected chi connectivity index (χ1v) is 5.53. The van der Waals surface area contributed by atoms with Gasteiger partial charge < -0.3 is 9.84 Å². The van der Waals surface area contributed by atoms with Gasteiger partial charge in [-0.2, -0.15) is 0 Å². The lowest BCUT2D eigenvalue weighted by atomic mass is 9.92. The van der Waals surface area contributed by atoms with E-state index in [2.05, 4.69) is 15.9 Å². The Morgan fingerprint density at radius 3 is 2.50 bits per heavy atom. The first-order chi connectivity index (χ1) is 6.53. The van der Waals surface area contributed by atoms with Crippen molar-refractivity contribution in [3.05, 3.63) is 32.2 Å². The number of aliphatic hydroxyl groups is 1. The van der Waals surface area contributed by atoms with E-state index in [4.69, 9.17) is 27.9 Å². The van der Waals surface area contributed by atoms with Gasteiger partial charge in [-0.05, 0) is 28.1 Å². The van der Waals surface area contributed by atoms with Gasteiger partial charge >= 0.3 is 0 Å². The van der Waals surface area contributed by atoms with Crippen LogP contribution in [0.25, 0.3) is 0 Å². The molecule has 1 aromatic rings. The number of benzene rings is 1. The molecule has 1 aliphatic rings. The minimum atomic E-state index is -0.982. The van der Waals surface area contributed by atoms with Crippen molar-refractivity contribution in [1.82, 2.24) is 0 Å². The molecule has 0 radical (unpaired) electrons. The monoisotopic (exact) mass is 296 g/mol. The van der Waals surface area contributed by atoms with Crippen molar-refractivity contribution in [3.63, 3.8) is 0 Å². The first kappa shape index (κ1) is 10.7. The highest BCUT2D eigenvalue weighted by molar-refractivity contribution is 9.10. The van der Waals surface area contributed by atoms with Crippen molar-refractivity contribution in [2.75, 3.05) is 13.2 Å². The second-order valence-electron chi connectivity index (χ2n) is 3.27. The summed E-state index contributed by atoms with van der Waals surface area (Å²) in [4.78, 5) is 0. The van der Waals surface area contributed by atoms with Crippen LogP contribution in [0.3, 0.4) is 0 Å². The fourth-order valence-electron chi connectivity index (χ4n) is 1.35. The Morgan fingerprint density at radius 2 is 2.00 bits per heavy atom. The number of ether oxygens (including phenoxy) is 1. The fraction of sp³-hybridized carbons (Fsp3) is 0.333. The molecular weight excluding hydrogens is 291 g/mol. The third-order valence-electron chi connectivity index (χ3n) is 2.18. The van der Waals surface area contributed by atoms with Crippen LogP contribution in [0.4, 0.5) is 0 Å². The highest BCUT2D eigenvalue weighted by Crippen LogP contribution is 2.39. The lowest BCUT2D eigenvalue weighted by Gasteiger charge is -2.37. The zero-order chi connectivity index (χ0) is 10.3. The van der Waals surface area contributed by atoms with Crippen molar-refractivity contribution in [2.24, 2.45) is 0 Å². The maximum atomic E-state index is 10.0. The van der Waals surface area contributed by atoms with Gasteiger partial charge in [-0.3, -0.25) is 0 Å². The average Bonchev–Trinajstić information content (AvgIpc) is 2.07. The van der Waals surface area contributed by atoms with E-state index < -0.39 is 5.60 Å². The van der Waals surface area contributed by atoms with Crippen LogP contribution < -0.4 is 0 Å². The zero-order valence-corrected chi connectivity index (χ0v) is 10.2. The molecule has 0 atom stereocenters. The van der Waals surface area contributed by atoms with Gasteiger partial charge in [-0.15, -0.1) is 0 Å². The second kappa shape index (κ2) is 3.65. The van der Waals surface area contributed by atoms with Crippen molar-refractivity contribution < 1.29 is 9.84 Å². The zero-order valence-electron chi connectivity index (χ0n) is 7.06. The molecule has 2 rings (SSSR count). The van der Waals surface area contributed by atoms with E-state index in [-0.39, 0.29) is 13.2 Å². The number of halogens is 3. The maximum Gasteiger partial charge on any atom is 0.138 e. The molecule has 0 spiro atoms. The predicted octanol–water partition coefficient (Wildman–Crippen LogP) is 2.97. The summed E-state index contributed by atoms with van der Waals surface area (Å²) < 4.78 is 5.64. The highest BCUT2D eigenvalue weighted by atomic mass is 79.9. The Bertz CT molecular complexity index is 377. The number of rotatable bonds is 1. The van der Waals surface area contributed by atoms with Gasteiger partial charge in [0.1, 0.15) is 5.60 Å². The maximum absolute atomic E-state index is 10.0. The van der Waals surface area contributed by atoms with E-state index in [0.717, 1.165) is 0 Å². The Hall–Kier alpha value is 0.200. The van der Waals surface area contributed by atoms with Crippen LogP contribution in [-0.4, -0.2) is 18.3 Å². The summed E-state index contributed by atoms with van der Waals surface area (Å²) in [6.45, 7) is 0.527. The molecule has 1 fully saturated rings. The predicted molar refractivity (Wildman–Crippen MR) is 58.9 cm³/mol. The van der Waals surface area contributed by atoms with Gasteiger partial charge in [0.25, 0.3) is 0 Å². The second-order valence-corrected chi connectivity index (χ2v) is 4.94. The average molecular weight is 298 g/mol. The van der Waals surface area contributed by atoms with Crippen LogP contribution in [0.5, 0.6) is 0 Å². The van der Waals surface area contributed by atoms with E-state index in [1.165, 1.54) is 0 Å². The summed E-state index contributed by atoms with van der Waals surface area (Å²) in [6, 6.07) is 3.35. The summed E-state index contributed by atoms with van der Waals surface area (Å²) >= 11 is 15.2. The van der Waals surface area contributed by atoms with Gasteiger partial charge in [0.15, 0.2) is 0 Å². The van der Waals surface area contributed by atoms with Crippen LogP contribution in [-0.2, 0) is 10.3 Å². The van der Waals surface area contributed by atoms with Crippen molar-refractivity contribution in [3.8, 4) is 0 Å². The molecule has 1 saturated heterocycles. The third kappa shape index (κ3) is 1.68. The summed E-state index contributed by atoms with van der Waals surface area (Å²) in [7, 11) is 0. The molecule has 14 heavy (non-hydrogen) atoms. The van der Waals surface area contributed by atoms with Gasteiger partial charge in [0.05, 0.1) is 18.2 Å². The molecule has 0 amide bonds. The summed E-state index contributed by atoms with van der Waals surface area (Å²) in [5, 5.41) is 11.0. The molecule has 1 N–H and O–H groups in total. The van der Waals surface area contributed by atoms with Crippen LogP contribution >= 0.6 is 39.1 Å². The molecule has 1 aliphatic heterocycles. The normalized spacial score (nSPS) is 19.1. The van der Waals surface area contributed by atoms with Crippen LogP contribution in [0.1, 0.15) is 5.56 Å². The lowest BCUT2D eigenvalue weighted by molar-refractivity contribution is -0.184. The van der Waals surface area contributed by atoms with E-state index in [1.807, 2.05) is 0 Å². The van der Waals surface area contributed by atoms with Gasteiger partial charge in [0, 0.05) is 15.1 Å². The summed E-state index contributed by atoms with van der Waals surface area (Å²) in [6.07, 6.45) is 0. The van der Waals surface area contributed by atoms with Gasteiger partial charge in [0.2, 0.25) is 0 Å².